The van der Waals surface area contributed by atoms with Gasteiger partial charge in [0.15, 0.2) is 0 Å². The van der Waals surface area contributed by atoms with Crippen molar-refractivity contribution in [1.82, 2.24) is 5.32 Å². The topological polar surface area (TPSA) is 160 Å². The third kappa shape index (κ3) is 14.3. The molecule has 0 spiro atoms. The van der Waals surface area contributed by atoms with E-state index in [-0.39, 0.29) is 44.4 Å². The predicted octanol–water partition coefficient (Wildman–Crippen LogP) is 4.14. The van der Waals surface area contributed by atoms with Crippen LogP contribution in [0.5, 0.6) is 0 Å². The molecule has 0 saturated carbocycles. The molecule has 39 heavy (non-hydrogen) atoms. The van der Waals surface area contributed by atoms with E-state index in [1.54, 1.807) is 62.3 Å². The van der Waals surface area contributed by atoms with E-state index in [1.807, 2.05) is 0 Å². The summed E-state index contributed by atoms with van der Waals surface area (Å²) in [6.07, 6.45) is 1.80. The van der Waals surface area contributed by atoms with Crippen molar-refractivity contribution < 1.29 is 33.4 Å². The molecule has 0 fully saturated rings. The summed E-state index contributed by atoms with van der Waals surface area (Å²) in [5.74, 6) is -1.99. The van der Waals surface area contributed by atoms with E-state index in [0.717, 1.165) is 0 Å². The van der Waals surface area contributed by atoms with E-state index in [2.05, 4.69) is 5.32 Å². The molecular formula is C29H51N3O7. The maximum Gasteiger partial charge on any atom is 0.306 e. The second-order valence-electron chi connectivity index (χ2n) is 13.5. The molecule has 0 aromatic carbocycles. The van der Waals surface area contributed by atoms with Gasteiger partial charge in [0.1, 0.15) is 16.8 Å². The summed E-state index contributed by atoms with van der Waals surface area (Å²) in [6.45, 7) is 16.0. The summed E-state index contributed by atoms with van der Waals surface area (Å²) in [4.78, 5) is 51.5. The second kappa shape index (κ2) is 13.5. The number of nitrogens with one attached hydrogen (secondary N) is 1. The lowest BCUT2D eigenvalue weighted by molar-refractivity contribution is -0.156. The Morgan fingerprint density at radius 3 is 1.36 bits per heavy atom. The quantitative estimate of drug-likeness (QED) is 0.252. The SMILES string of the molecule is CC(C)(C)OC(=O)CCC(CCC(=O)OC(C)(C)C)(CCC(=O)OC(C)(C)C)NC(=O)C1CCC(N)=C(N)C1. The molecule has 0 saturated heterocycles. The molecule has 224 valence electrons. The summed E-state index contributed by atoms with van der Waals surface area (Å²) < 4.78 is 16.5. The molecule has 0 heterocycles. The Morgan fingerprint density at radius 1 is 0.692 bits per heavy atom. The molecule has 10 heteroatoms. The number of esters is 3. The van der Waals surface area contributed by atoms with Crippen LogP contribution in [0.25, 0.3) is 0 Å². The number of hydrogen-bond donors (Lipinski definition) is 3. The zero-order chi connectivity index (χ0) is 30.2. The predicted molar refractivity (Wildman–Crippen MR) is 149 cm³/mol. The van der Waals surface area contributed by atoms with Crippen LogP contribution in [0, 0.1) is 5.92 Å². The number of amides is 1. The molecule has 1 aliphatic rings. The van der Waals surface area contributed by atoms with E-state index in [1.165, 1.54) is 0 Å². The van der Waals surface area contributed by atoms with Crippen molar-refractivity contribution in [2.45, 2.75) is 142 Å². The largest absolute Gasteiger partial charge is 0.460 e. The van der Waals surface area contributed by atoms with Gasteiger partial charge in [-0.3, -0.25) is 19.2 Å². The van der Waals surface area contributed by atoms with Gasteiger partial charge < -0.3 is 31.0 Å². The highest BCUT2D eigenvalue weighted by Crippen LogP contribution is 2.31. The van der Waals surface area contributed by atoms with Gasteiger partial charge in [-0.15, -0.1) is 0 Å². The van der Waals surface area contributed by atoms with E-state index in [0.29, 0.717) is 30.7 Å². The highest BCUT2D eigenvalue weighted by atomic mass is 16.6. The lowest BCUT2D eigenvalue weighted by Crippen LogP contribution is -2.52. The maximum atomic E-state index is 13.5. The summed E-state index contributed by atoms with van der Waals surface area (Å²) in [7, 11) is 0. The first-order valence-electron chi connectivity index (χ1n) is 13.8. The minimum absolute atomic E-state index is 0.0140. The van der Waals surface area contributed by atoms with Crippen molar-refractivity contribution in [3.05, 3.63) is 11.4 Å². The maximum absolute atomic E-state index is 13.5. The number of ether oxygens (including phenoxy) is 3. The fourth-order valence-corrected chi connectivity index (χ4v) is 4.34. The van der Waals surface area contributed by atoms with E-state index < -0.39 is 46.2 Å². The summed E-state index contributed by atoms with van der Waals surface area (Å²) >= 11 is 0. The van der Waals surface area contributed by atoms with Gasteiger partial charge in [0.25, 0.3) is 0 Å². The minimum Gasteiger partial charge on any atom is -0.460 e. The molecule has 0 radical (unpaired) electrons. The van der Waals surface area contributed by atoms with Crippen LogP contribution in [0.15, 0.2) is 11.4 Å². The van der Waals surface area contributed by atoms with Gasteiger partial charge in [0.2, 0.25) is 5.91 Å². The molecule has 1 unspecified atom stereocenters. The Balaban J connectivity index is 3.27. The molecule has 10 nitrogen and oxygen atoms in total. The van der Waals surface area contributed by atoms with Crippen LogP contribution < -0.4 is 16.8 Å². The van der Waals surface area contributed by atoms with Crippen LogP contribution in [0.1, 0.15) is 120 Å². The van der Waals surface area contributed by atoms with Crippen molar-refractivity contribution in [1.29, 1.82) is 0 Å². The standard InChI is InChI=1S/C29H51N3O7/c1-26(2,3)37-22(33)12-15-29(16-13-23(34)38-27(4,5)6,17-14-24(35)39-28(7,8)9)32-25(36)19-10-11-20(30)21(31)18-19/h19H,10-18,30-31H2,1-9H3,(H,32,36). The Bertz CT molecular complexity index is 842. The zero-order valence-corrected chi connectivity index (χ0v) is 25.5. The lowest BCUT2D eigenvalue weighted by Gasteiger charge is -2.37. The van der Waals surface area contributed by atoms with E-state index in [9.17, 15) is 19.2 Å². The van der Waals surface area contributed by atoms with Crippen LogP contribution in [-0.2, 0) is 33.4 Å². The first-order valence-corrected chi connectivity index (χ1v) is 13.8. The Labute approximate surface area is 233 Å². The lowest BCUT2D eigenvalue weighted by atomic mass is 9.81. The smallest absolute Gasteiger partial charge is 0.306 e. The van der Waals surface area contributed by atoms with E-state index >= 15 is 0 Å². The third-order valence-electron chi connectivity index (χ3n) is 6.08. The Hall–Kier alpha value is -2.78. The number of hydrogen-bond acceptors (Lipinski definition) is 9. The molecule has 0 aromatic heterocycles. The van der Waals surface area contributed by atoms with Gasteiger partial charge in [-0.1, -0.05) is 0 Å². The third-order valence-corrected chi connectivity index (χ3v) is 6.08. The van der Waals surface area contributed by atoms with Crippen molar-refractivity contribution in [2.24, 2.45) is 17.4 Å². The molecule has 0 aliphatic heterocycles. The summed E-state index contributed by atoms with van der Waals surface area (Å²) in [5, 5.41) is 3.11. The van der Waals surface area contributed by atoms with Gasteiger partial charge in [0.05, 0.1) is 0 Å². The monoisotopic (exact) mass is 553 g/mol. The van der Waals surface area contributed by atoms with Crippen LogP contribution in [-0.4, -0.2) is 46.2 Å². The van der Waals surface area contributed by atoms with E-state index in [4.69, 9.17) is 25.7 Å². The van der Waals surface area contributed by atoms with Crippen LogP contribution >= 0.6 is 0 Å². The fraction of sp³-hybridized carbons (Fsp3) is 0.793. The number of carbonyl (C=O) groups excluding carboxylic acids is 4. The van der Waals surface area contributed by atoms with Gasteiger partial charge in [0, 0.05) is 48.5 Å². The molecular weight excluding hydrogens is 502 g/mol. The van der Waals surface area contributed by atoms with Gasteiger partial charge >= 0.3 is 17.9 Å². The summed E-state index contributed by atoms with van der Waals surface area (Å²) in [6, 6.07) is 0. The minimum atomic E-state index is -1.07. The van der Waals surface area contributed by atoms with Crippen molar-refractivity contribution in [3.63, 3.8) is 0 Å². The van der Waals surface area contributed by atoms with Gasteiger partial charge in [-0.05, 0) is 94.4 Å². The highest BCUT2D eigenvalue weighted by Gasteiger charge is 2.37. The highest BCUT2D eigenvalue weighted by molar-refractivity contribution is 5.80. The fourth-order valence-electron chi connectivity index (χ4n) is 4.34. The molecule has 1 rings (SSSR count). The Kier molecular flexibility index (Phi) is 11.9. The first-order chi connectivity index (χ1) is 17.6. The zero-order valence-electron chi connectivity index (χ0n) is 25.5. The van der Waals surface area contributed by atoms with Crippen LogP contribution in [0.2, 0.25) is 0 Å². The molecule has 5 N–H and O–H groups in total. The summed E-state index contributed by atoms with van der Waals surface area (Å²) in [5.41, 5.74) is 9.94. The molecule has 1 atom stereocenters. The van der Waals surface area contributed by atoms with Crippen LogP contribution in [0.3, 0.4) is 0 Å². The Morgan fingerprint density at radius 2 is 1.05 bits per heavy atom. The first kappa shape index (κ1) is 34.2. The molecule has 1 aliphatic carbocycles. The van der Waals surface area contributed by atoms with Crippen LogP contribution in [0.4, 0.5) is 0 Å². The second-order valence-corrected chi connectivity index (χ2v) is 13.5. The average molecular weight is 554 g/mol. The van der Waals surface area contributed by atoms with Gasteiger partial charge in [-0.2, -0.15) is 0 Å². The average Bonchev–Trinajstić information content (AvgIpc) is 2.73. The van der Waals surface area contributed by atoms with Crippen molar-refractivity contribution in [3.8, 4) is 0 Å². The molecule has 0 bridgehead atoms. The van der Waals surface area contributed by atoms with Gasteiger partial charge in [-0.25, -0.2) is 0 Å². The molecule has 0 aromatic rings. The molecule has 1 amide bonds. The van der Waals surface area contributed by atoms with Crippen molar-refractivity contribution >= 4 is 23.8 Å². The number of rotatable bonds is 11. The van der Waals surface area contributed by atoms with Crippen molar-refractivity contribution in [2.75, 3.05) is 0 Å². The number of nitrogens with two attached hydrogens (primary N) is 2. The normalized spacial score (nSPS) is 16.9. The number of carbonyl (C=O) groups is 4. The number of allylic oxidation sites excluding steroid dienone is 2.